The highest BCUT2D eigenvalue weighted by atomic mass is 16.5. The molecule has 0 amide bonds. The fourth-order valence-electron chi connectivity index (χ4n) is 1.71. The van der Waals surface area contributed by atoms with Crippen LogP contribution in [0, 0.1) is 5.41 Å². The summed E-state index contributed by atoms with van der Waals surface area (Å²) in [5, 5.41) is 3.45. The molecule has 0 bridgehead atoms. The van der Waals surface area contributed by atoms with Gasteiger partial charge in [-0.25, -0.2) is 0 Å². The molecule has 0 radical (unpaired) electrons. The summed E-state index contributed by atoms with van der Waals surface area (Å²) in [5.74, 6) is 0. The minimum absolute atomic E-state index is 0.302. The first-order valence-electron chi connectivity index (χ1n) is 5.57. The molecule has 0 saturated carbocycles. The molecule has 2 atom stereocenters. The zero-order valence-corrected chi connectivity index (χ0v) is 9.68. The maximum absolute atomic E-state index is 5.74. The molecule has 1 saturated heterocycles. The molecule has 0 aromatic carbocycles. The lowest BCUT2D eigenvalue weighted by atomic mass is 9.97. The van der Waals surface area contributed by atoms with Gasteiger partial charge in [0.2, 0.25) is 0 Å². The van der Waals surface area contributed by atoms with E-state index in [2.05, 4.69) is 26.1 Å². The molecule has 0 spiro atoms. The molecular weight excluding hydrogens is 176 g/mol. The number of hydrogen-bond donors (Lipinski definition) is 2. The Bertz CT molecular complexity index is 165. The molecule has 1 fully saturated rings. The van der Waals surface area contributed by atoms with Crippen LogP contribution >= 0.6 is 0 Å². The van der Waals surface area contributed by atoms with E-state index in [4.69, 9.17) is 10.5 Å². The fraction of sp³-hybridized carbons (Fsp3) is 1.00. The molecule has 0 aromatic heterocycles. The predicted octanol–water partition coefficient (Wildman–Crippen LogP) is 1.13. The van der Waals surface area contributed by atoms with Gasteiger partial charge >= 0.3 is 0 Å². The van der Waals surface area contributed by atoms with E-state index in [0.29, 0.717) is 24.2 Å². The molecule has 84 valence electrons. The van der Waals surface area contributed by atoms with Crippen molar-refractivity contribution < 1.29 is 4.74 Å². The van der Waals surface area contributed by atoms with E-state index >= 15 is 0 Å². The van der Waals surface area contributed by atoms with Crippen LogP contribution in [-0.2, 0) is 4.74 Å². The van der Waals surface area contributed by atoms with Crippen molar-refractivity contribution in [3.63, 3.8) is 0 Å². The summed E-state index contributed by atoms with van der Waals surface area (Å²) in [4.78, 5) is 0. The molecule has 3 heteroatoms. The Hall–Kier alpha value is -0.120. The zero-order valence-electron chi connectivity index (χ0n) is 9.68. The highest BCUT2D eigenvalue weighted by Crippen LogP contribution is 2.18. The van der Waals surface area contributed by atoms with Crippen molar-refractivity contribution in [3.8, 4) is 0 Å². The highest BCUT2D eigenvalue weighted by Gasteiger charge is 2.23. The maximum Gasteiger partial charge on any atom is 0.0704 e. The van der Waals surface area contributed by atoms with Crippen LogP contribution in [0.25, 0.3) is 0 Å². The number of hydrogen-bond acceptors (Lipinski definition) is 3. The lowest BCUT2D eigenvalue weighted by Crippen LogP contribution is -2.34. The maximum atomic E-state index is 5.74. The van der Waals surface area contributed by atoms with Crippen LogP contribution in [0.2, 0.25) is 0 Å². The van der Waals surface area contributed by atoms with Crippen LogP contribution in [0.1, 0.15) is 33.6 Å². The molecule has 1 aliphatic rings. The quantitative estimate of drug-likeness (QED) is 0.715. The van der Waals surface area contributed by atoms with Crippen LogP contribution in [-0.4, -0.2) is 31.8 Å². The molecule has 2 unspecified atom stereocenters. The first kappa shape index (κ1) is 12.0. The summed E-state index contributed by atoms with van der Waals surface area (Å²) >= 11 is 0. The smallest absolute Gasteiger partial charge is 0.0704 e. The van der Waals surface area contributed by atoms with E-state index in [9.17, 15) is 0 Å². The first-order chi connectivity index (χ1) is 6.51. The number of nitrogens with two attached hydrogens (primary N) is 1. The third-order valence-electron chi connectivity index (χ3n) is 2.49. The van der Waals surface area contributed by atoms with E-state index in [0.717, 1.165) is 25.9 Å². The average molecular weight is 200 g/mol. The summed E-state index contributed by atoms with van der Waals surface area (Å²) in [6.45, 7) is 9.37. The van der Waals surface area contributed by atoms with E-state index in [1.54, 1.807) is 0 Å². The second-order valence-corrected chi connectivity index (χ2v) is 5.38. The molecule has 3 N–H and O–H groups in total. The number of rotatable bonds is 4. The Morgan fingerprint density at radius 2 is 1.93 bits per heavy atom. The van der Waals surface area contributed by atoms with Crippen molar-refractivity contribution in [2.24, 2.45) is 11.1 Å². The molecule has 14 heavy (non-hydrogen) atoms. The largest absolute Gasteiger partial charge is 0.372 e. The average Bonchev–Trinajstić information content (AvgIpc) is 2.50. The summed E-state index contributed by atoms with van der Waals surface area (Å²) < 4.78 is 5.74. The standard InChI is InChI=1S/C11H24N2O/c1-11(2,3)8-13-7-10-5-4-9(6-12)14-10/h9-10,13H,4-8,12H2,1-3H3. The molecule has 0 aliphatic carbocycles. The van der Waals surface area contributed by atoms with Crippen LogP contribution in [0.4, 0.5) is 0 Å². The van der Waals surface area contributed by atoms with Crippen LogP contribution < -0.4 is 11.1 Å². The van der Waals surface area contributed by atoms with Gasteiger partial charge in [0.15, 0.2) is 0 Å². The van der Waals surface area contributed by atoms with Crippen LogP contribution in [0.5, 0.6) is 0 Å². The Balaban J connectivity index is 2.09. The molecule has 1 rings (SSSR count). The van der Waals surface area contributed by atoms with Gasteiger partial charge in [0, 0.05) is 19.6 Å². The van der Waals surface area contributed by atoms with E-state index in [1.807, 2.05) is 0 Å². The normalized spacial score (nSPS) is 28.3. The van der Waals surface area contributed by atoms with Gasteiger partial charge in [-0.15, -0.1) is 0 Å². The van der Waals surface area contributed by atoms with Gasteiger partial charge in [-0.1, -0.05) is 20.8 Å². The van der Waals surface area contributed by atoms with Crippen molar-refractivity contribution in [1.29, 1.82) is 0 Å². The minimum atomic E-state index is 0.302. The zero-order chi connectivity index (χ0) is 10.6. The summed E-state index contributed by atoms with van der Waals surface area (Å²) in [7, 11) is 0. The molecule has 1 heterocycles. The van der Waals surface area contributed by atoms with Crippen molar-refractivity contribution in [2.45, 2.75) is 45.8 Å². The van der Waals surface area contributed by atoms with Gasteiger partial charge in [0.05, 0.1) is 12.2 Å². The predicted molar refractivity (Wildman–Crippen MR) is 59.3 cm³/mol. The Morgan fingerprint density at radius 3 is 2.43 bits per heavy atom. The van der Waals surface area contributed by atoms with Gasteiger partial charge < -0.3 is 15.8 Å². The minimum Gasteiger partial charge on any atom is -0.372 e. The van der Waals surface area contributed by atoms with E-state index < -0.39 is 0 Å². The van der Waals surface area contributed by atoms with Crippen molar-refractivity contribution >= 4 is 0 Å². The highest BCUT2D eigenvalue weighted by molar-refractivity contribution is 4.76. The van der Waals surface area contributed by atoms with E-state index in [1.165, 1.54) is 0 Å². The van der Waals surface area contributed by atoms with Crippen molar-refractivity contribution in [1.82, 2.24) is 5.32 Å². The molecule has 0 aromatic rings. The fourth-order valence-corrected chi connectivity index (χ4v) is 1.71. The summed E-state index contributed by atoms with van der Waals surface area (Å²) in [6, 6.07) is 0. The monoisotopic (exact) mass is 200 g/mol. The molecule has 3 nitrogen and oxygen atoms in total. The SMILES string of the molecule is CC(C)(C)CNCC1CCC(CN)O1. The van der Waals surface area contributed by atoms with Gasteiger partial charge in [-0.05, 0) is 18.3 Å². The molecule has 1 aliphatic heterocycles. The third-order valence-corrected chi connectivity index (χ3v) is 2.49. The van der Waals surface area contributed by atoms with Crippen molar-refractivity contribution in [3.05, 3.63) is 0 Å². The third kappa shape index (κ3) is 4.40. The van der Waals surface area contributed by atoms with Crippen LogP contribution in [0.3, 0.4) is 0 Å². The lowest BCUT2D eigenvalue weighted by Gasteiger charge is -2.20. The van der Waals surface area contributed by atoms with E-state index in [-0.39, 0.29) is 0 Å². The second-order valence-electron chi connectivity index (χ2n) is 5.38. The topological polar surface area (TPSA) is 47.3 Å². The van der Waals surface area contributed by atoms with Crippen LogP contribution in [0.15, 0.2) is 0 Å². The summed E-state index contributed by atoms with van der Waals surface area (Å²) in [6.07, 6.45) is 2.96. The Kier molecular flexibility index (Phi) is 4.35. The Morgan fingerprint density at radius 1 is 1.29 bits per heavy atom. The molecular formula is C11H24N2O. The first-order valence-corrected chi connectivity index (χ1v) is 5.57. The van der Waals surface area contributed by atoms with Crippen molar-refractivity contribution in [2.75, 3.05) is 19.6 Å². The lowest BCUT2D eigenvalue weighted by molar-refractivity contribution is 0.0494. The van der Waals surface area contributed by atoms with Gasteiger partial charge in [0.1, 0.15) is 0 Å². The van der Waals surface area contributed by atoms with Gasteiger partial charge in [-0.2, -0.15) is 0 Å². The second kappa shape index (κ2) is 5.10. The van der Waals surface area contributed by atoms with Gasteiger partial charge in [-0.3, -0.25) is 0 Å². The number of ether oxygens (including phenoxy) is 1. The Labute approximate surface area is 87.4 Å². The summed E-state index contributed by atoms with van der Waals surface area (Å²) in [5.41, 5.74) is 5.90. The van der Waals surface area contributed by atoms with Gasteiger partial charge in [0.25, 0.3) is 0 Å². The number of nitrogens with one attached hydrogen (secondary N) is 1.